The van der Waals surface area contributed by atoms with E-state index >= 15 is 0 Å². The summed E-state index contributed by atoms with van der Waals surface area (Å²) in [4.78, 5) is 24.9. The van der Waals surface area contributed by atoms with Gasteiger partial charge in [-0.15, -0.1) is 0 Å². The smallest absolute Gasteiger partial charge is 0.227 e. The molecule has 0 saturated carbocycles. The van der Waals surface area contributed by atoms with E-state index in [0.717, 1.165) is 153 Å². The van der Waals surface area contributed by atoms with Gasteiger partial charge in [-0.2, -0.15) is 0 Å². The molecule has 4 aliphatic heterocycles. The first-order valence-corrected chi connectivity index (χ1v) is 29.5. The predicted octanol–water partition coefficient (Wildman–Crippen LogP) is 21.0. The zero-order chi connectivity index (χ0) is 58.0. The molecule has 416 valence electrons. The van der Waals surface area contributed by atoms with E-state index in [2.05, 4.69) is 316 Å². The number of benzene rings is 12. The van der Waals surface area contributed by atoms with Crippen molar-refractivity contribution in [2.75, 3.05) is 67.4 Å². The summed E-state index contributed by atoms with van der Waals surface area (Å²) in [5, 5.41) is 0. The molecule has 0 aliphatic carbocycles. The Balaban J connectivity index is 1.18. The molecule has 87 heavy (non-hydrogen) atoms. The van der Waals surface area contributed by atoms with Gasteiger partial charge in [0.1, 0.15) is 5.52 Å². The number of fused-ring (bicyclic) bond motifs is 9. The van der Waals surface area contributed by atoms with Gasteiger partial charge in [-0.1, -0.05) is 152 Å². The Labute approximate surface area is 505 Å². The van der Waals surface area contributed by atoms with Crippen LogP contribution >= 0.6 is 0 Å². The Morgan fingerprint density at radius 3 is 0.851 bits per heavy atom. The van der Waals surface area contributed by atoms with E-state index in [4.69, 9.17) is 9.40 Å². The number of rotatable bonds is 7. The van der Waals surface area contributed by atoms with Gasteiger partial charge in [0, 0.05) is 44.9 Å². The van der Waals surface area contributed by atoms with Crippen molar-refractivity contribution in [3.05, 3.63) is 273 Å². The molecule has 0 N–H and O–H groups in total. The molecule has 0 atom stereocenters. The number of oxazole rings is 1. The van der Waals surface area contributed by atoms with Crippen LogP contribution in [0, 0.1) is 0 Å². The third-order valence-electron chi connectivity index (χ3n) is 17.9. The highest BCUT2D eigenvalue weighted by molar-refractivity contribution is 6.23. The van der Waals surface area contributed by atoms with Crippen LogP contribution in [0.3, 0.4) is 0 Å². The molecule has 0 amide bonds. The van der Waals surface area contributed by atoms with Crippen LogP contribution in [0.5, 0.6) is 0 Å². The molecule has 0 unspecified atom stereocenters. The largest absolute Gasteiger partial charge is 0.436 e. The fourth-order valence-corrected chi connectivity index (χ4v) is 14.0. The summed E-state index contributed by atoms with van der Waals surface area (Å²) in [6, 6.07) is 99.2. The van der Waals surface area contributed by atoms with Crippen molar-refractivity contribution in [3.8, 4) is 33.7 Å². The lowest BCUT2D eigenvalue weighted by Crippen LogP contribution is -2.32. The van der Waals surface area contributed by atoms with Crippen LogP contribution in [0.2, 0.25) is 0 Å². The van der Waals surface area contributed by atoms with Crippen molar-refractivity contribution in [3.63, 3.8) is 0 Å². The number of hydrogen-bond donors (Lipinski definition) is 0. The average molecular weight is 1120 g/mol. The highest BCUT2D eigenvalue weighted by Crippen LogP contribution is 2.70. The maximum Gasteiger partial charge on any atom is 0.227 e. The Kier molecular flexibility index (Phi) is 11.2. The molecule has 0 radical (unpaired) electrons. The molecule has 12 aromatic carbocycles. The normalized spacial score (nSPS) is 13.6. The third-order valence-corrected chi connectivity index (χ3v) is 17.9. The van der Waals surface area contributed by atoms with Crippen LogP contribution in [-0.4, -0.2) is 33.2 Å². The number of nitrogens with zero attached hydrogens (tertiary/aromatic N) is 9. The third kappa shape index (κ3) is 7.44. The van der Waals surface area contributed by atoms with Gasteiger partial charge in [-0.3, -0.25) is 0 Å². The summed E-state index contributed by atoms with van der Waals surface area (Å²) in [6.07, 6.45) is 0. The number of hydrogen-bond acceptors (Lipinski definition) is 10. The van der Waals surface area contributed by atoms with Gasteiger partial charge in [-0.05, 0) is 132 Å². The number of aromatic nitrogens is 1. The second-order valence-corrected chi connectivity index (χ2v) is 22.6. The van der Waals surface area contributed by atoms with Crippen LogP contribution in [0.1, 0.15) is 0 Å². The Morgan fingerprint density at radius 1 is 0.241 bits per heavy atom. The molecular weight excluding hydrogens is 1070 g/mol. The molecule has 1 aromatic heterocycles. The zero-order valence-electron chi connectivity index (χ0n) is 48.4. The summed E-state index contributed by atoms with van der Waals surface area (Å²) in [5.41, 5.74) is 27.1. The van der Waals surface area contributed by atoms with Crippen LogP contribution in [0.25, 0.3) is 44.8 Å². The lowest BCUT2D eigenvalue weighted by molar-refractivity contribution is 0.620. The van der Waals surface area contributed by atoms with E-state index < -0.39 is 0 Å². The molecule has 0 bridgehead atoms. The van der Waals surface area contributed by atoms with Gasteiger partial charge in [-0.25, -0.2) is 4.98 Å². The van der Waals surface area contributed by atoms with Crippen LogP contribution in [0.4, 0.5) is 114 Å². The second kappa shape index (κ2) is 19.5. The lowest BCUT2D eigenvalue weighted by Gasteiger charge is -2.49. The summed E-state index contributed by atoms with van der Waals surface area (Å²) < 4.78 is 6.74. The maximum atomic E-state index is 6.74. The quantitative estimate of drug-likeness (QED) is 0.154. The van der Waals surface area contributed by atoms with E-state index in [9.17, 15) is 0 Å². The molecule has 0 fully saturated rings. The van der Waals surface area contributed by atoms with Crippen LogP contribution in [-0.2, 0) is 0 Å². The van der Waals surface area contributed by atoms with Crippen molar-refractivity contribution >= 4 is 125 Å². The molecule has 0 saturated heterocycles. The number of anilines is 20. The highest BCUT2D eigenvalue weighted by Gasteiger charge is 2.45. The Bertz CT molecular complexity index is 4700. The van der Waals surface area contributed by atoms with Gasteiger partial charge in [0.15, 0.2) is 5.58 Å². The van der Waals surface area contributed by atoms with Crippen LogP contribution < -0.4 is 39.2 Å². The molecule has 0 spiro atoms. The van der Waals surface area contributed by atoms with Gasteiger partial charge in [0.05, 0.1) is 114 Å². The summed E-state index contributed by atoms with van der Waals surface area (Å²) in [6.45, 7) is 0. The minimum atomic E-state index is 0.544. The highest BCUT2D eigenvalue weighted by atomic mass is 16.3. The van der Waals surface area contributed by atoms with E-state index in [1.807, 2.05) is 24.3 Å². The lowest BCUT2D eigenvalue weighted by atomic mass is 9.85. The minimum Gasteiger partial charge on any atom is -0.436 e. The summed E-state index contributed by atoms with van der Waals surface area (Å²) in [5.74, 6) is 0.544. The monoisotopic (exact) mass is 1120 g/mol. The fourth-order valence-electron chi connectivity index (χ4n) is 14.0. The zero-order valence-corrected chi connectivity index (χ0v) is 48.4. The van der Waals surface area contributed by atoms with Gasteiger partial charge in [0.2, 0.25) is 5.89 Å². The van der Waals surface area contributed by atoms with E-state index in [1.54, 1.807) is 0 Å². The first kappa shape index (κ1) is 50.1. The van der Waals surface area contributed by atoms with Gasteiger partial charge in [0.25, 0.3) is 0 Å². The number of para-hydroxylation sites is 18. The van der Waals surface area contributed by atoms with Crippen molar-refractivity contribution in [1.82, 2.24) is 4.98 Å². The molecule has 4 aliphatic rings. The van der Waals surface area contributed by atoms with Crippen molar-refractivity contribution in [2.45, 2.75) is 0 Å². The molecule has 10 heteroatoms. The van der Waals surface area contributed by atoms with Crippen LogP contribution in [0.15, 0.2) is 277 Å². The molecular formula is C77H57N9O. The van der Waals surface area contributed by atoms with Crippen molar-refractivity contribution < 1.29 is 4.42 Å². The topological polar surface area (TPSA) is 52.0 Å². The van der Waals surface area contributed by atoms with Crippen molar-refractivity contribution in [2.24, 2.45) is 0 Å². The van der Waals surface area contributed by atoms with E-state index in [1.165, 1.54) is 0 Å². The maximum absolute atomic E-state index is 6.74. The standard InChI is InChI=1S/C77H57N9O/c1-79-54-32-9-17-40-62(54)83(63-41-18-10-33-55(63)79)73-71(50-27-6-5-7-28-50)72(51-29-26-30-52(49-51)77-78-53-31-8-25-48-70(53)87-77)74(84-64-42-19-11-34-56(64)80(2)57-35-12-20-43-65(57)84)76(86-68-46-23-15-38-60(68)82(4)61-39-16-24-47-69(61)86)75(73)85-66-44-21-13-36-58(66)81(3)59-37-14-22-45-67(59)85/h5-49H,1-4H3. The fraction of sp³-hybridized carbons (Fsp3) is 0.0519. The minimum absolute atomic E-state index is 0.544. The molecule has 13 aromatic rings. The van der Waals surface area contributed by atoms with Gasteiger partial charge >= 0.3 is 0 Å². The first-order chi connectivity index (χ1) is 42.9. The predicted molar refractivity (Wildman–Crippen MR) is 361 cm³/mol. The molecule has 17 rings (SSSR count). The summed E-state index contributed by atoms with van der Waals surface area (Å²) in [7, 11) is 8.78. The van der Waals surface area contributed by atoms with E-state index in [-0.39, 0.29) is 0 Å². The Hall–Kier alpha value is -11.5. The Morgan fingerprint density at radius 2 is 0.506 bits per heavy atom. The second-order valence-electron chi connectivity index (χ2n) is 22.6. The van der Waals surface area contributed by atoms with Gasteiger partial charge < -0.3 is 43.6 Å². The average Bonchev–Trinajstić information content (AvgIpc) is 0.854. The first-order valence-electron chi connectivity index (χ1n) is 29.5. The SMILES string of the molecule is CN1c2ccccc2N(c2c(-c3ccccc3)c(-c3cccc(-c4nc5ccccc5o4)c3)c(N3c4ccccc4N(C)c4ccccc43)c(N3c4ccccc4N(C)c4ccccc43)c2N2c3ccccc3N(C)c3ccccc32)c2ccccc21. The van der Waals surface area contributed by atoms with E-state index in [0.29, 0.717) is 5.89 Å². The van der Waals surface area contributed by atoms with Crippen molar-refractivity contribution in [1.29, 1.82) is 0 Å². The summed E-state index contributed by atoms with van der Waals surface area (Å²) >= 11 is 0. The molecule has 5 heterocycles. The molecule has 10 nitrogen and oxygen atoms in total.